The van der Waals surface area contributed by atoms with Crippen LogP contribution in [0.15, 0.2) is 22.8 Å². The third-order valence-electron chi connectivity index (χ3n) is 1.82. The van der Waals surface area contributed by atoms with Crippen molar-refractivity contribution in [2.24, 2.45) is 0 Å². The Balaban J connectivity index is 2.78. The molecule has 0 radical (unpaired) electrons. The van der Waals surface area contributed by atoms with Crippen LogP contribution in [0.3, 0.4) is 0 Å². The highest BCUT2D eigenvalue weighted by Crippen LogP contribution is 2.28. The topological polar surface area (TPSA) is 17.8 Å². The van der Waals surface area contributed by atoms with Crippen LogP contribution in [0.25, 0.3) is 10.9 Å². The number of rotatable bonds is 1. The Morgan fingerprint density at radius 2 is 2.14 bits per heavy atom. The van der Waals surface area contributed by atoms with Crippen molar-refractivity contribution in [3.05, 3.63) is 26.4 Å². The molecule has 0 aliphatic carbocycles. The van der Waals surface area contributed by atoms with Crippen LogP contribution in [0, 0.1) is 3.57 Å². The molecule has 2 aromatic rings. The van der Waals surface area contributed by atoms with Gasteiger partial charge in [-0.05, 0) is 34.7 Å². The lowest BCUT2D eigenvalue weighted by Gasteiger charge is -2.01. The monoisotopic (exact) mass is 372 g/mol. The first-order chi connectivity index (χ1) is 6.59. The van der Waals surface area contributed by atoms with Gasteiger partial charge in [-0.25, -0.2) is 4.68 Å². The van der Waals surface area contributed by atoms with E-state index in [0.29, 0.717) is 15.6 Å². The van der Waals surface area contributed by atoms with E-state index < -0.39 is 6.55 Å². The third kappa shape index (κ3) is 1.65. The summed E-state index contributed by atoms with van der Waals surface area (Å²) in [5.74, 6) is 0. The SMILES string of the molecule is FC(F)n1ncc2c(Br)cc(I)cc21. The number of halogens is 4. The van der Waals surface area contributed by atoms with Crippen molar-refractivity contribution in [1.82, 2.24) is 9.78 Å². The zero-order valence-corrected chi connectivity index (χ0v) is 10.5. The molecular weight excluding hydrogens is 369 g/mol. The van der Waals surface area contributed by atoms with E-state index in [2.05, 4.69) is 43.6 Å². The minimum absolute atomic E-state index is 0.443. The van der Waals surface area contributed by atoms with Crippen LogP contribution in [0.2, 0.25) is 0 Å². The van der Waals surface area contributed by atoms with Crippen molar-refractivity contribution in [1.29, 1.82) is 0 Å². The quantitative estimate of drug-likeness (QED) is 0.696. The maximum atomic E-state index is 12.5. The van der Waals surface area contributed by atoms with Gasteiger partial charge in [0.2, 0.25) is 0 Å². The summed E-state index contributed by atoms with van der Waals surface area (Å²) >= 11 is 5.38. The van der Waals surface area contributed by atoms with Gasteiger partial charge in [-0.3, -0.25) is 0 Å². The molecule has 0 amide bonds. The summed E-state index contributed by atoms with van der Waals surface area (Å²) in [6.45, 7) is -2.60. The minimum Gasteiger partial charge on any atom is -0.204 e. The lowest BCUT2D eigenvalue weighted by Crippen LogP contribution is -1.99. The van der Waals surface area contributed by atoms with Gasteiger partial charge < -0.3 is 0 Å². The smallest absolute Gasteiger partial charge is 0.204 e. The Morgan fingerprint density at radius 1 is 1.43 bits per heavy atom. The molecule has 0 fully saturated rings. The van der Waals surface area contributed by atoms with E-state index >= 15 is 0 Å². The summed E-state index contributed by atoms with van der Waals surface area (Å²) in [6, 6.07) is 3.54. The second-order valence-electron chi connectivity index (χ2n) is 2.69. The van der Waals surface area contributed by atoms with Crippen molar-refractivity contribution < 1.29 is 8.78 Å². The molecule has 0 atom stereocenters. The fraction of sp³-hybridized carbons (Fsp3) is 0.125. The van der Waals surface area contributed by atoms with Crippen LogP contribution in [0.1, 0.15) is 6.55 Å². The first-order valence-electron chi connectivity index (χ1n) is 3.70. The summed E-state index contributed by atoms with van der Waals surface area (Å²) in [7, 11) is 0. The molecule has 1 heterocycles. The molecule has 0 spiro atoms. The Hall–Kier alpha value is -0.240. The van der Waals surface area contributed by atoms with Crippen LogP contribution in [-0.4, -0.2) is 9.78 Å². The summed E-state index contributed by atoms with van der Waals surface area (Å²) < 4.78 is 27.3. The largest absolute Gasteiger partial charge is 0.333 e. The van der Waals surface area contributed by atoms with Gasteiger partial charge in [0.1, 0.15) is 0 Å². The molecule has 2 rings (SSSR count). The Kier molecular flexibility index (Phi) is 2.74. The molecule has 1 aromatic heterocycles. The molecule has 6 heteroatoms. The fourth-order valence-electron chi connectivity index (χ4n) is 1.23. The number of nitrogens with zero attached hydrogens (tertiary/aromatic N) is 2. The number of fused-ring (bicyclic) bond motifs is 1. The average Bonchev–Trinajstić information content (AvgIpc) is 2.47. The number of alkyl halides is 2. The Labute approximate surface area is 101 Å². The van der Waals surface area contributed by atoms with E-state index in [1.807, 2.05) is 6.07 Å². The van der Waals surface area contributed by atoms with Crippen molar-refractivity contribution >= 4 is 49.4 Å². The highest BCUT2D eigenvalue weighted by molar-refractivity contribution is 14.1. The van der Waals surface area contributed by atoms with Gasteiger partial charge in [-0.15, -0.1) is 0 Å². The number of benzene rings is 1. The van der Waals surface area contributed by atoms with Crippen molar-refractivity contribution in [3.63, 3.8) is 0 Å². The summed E-state index contributed by atoms with van der Waals surface area (Å²) in [4.78, 5) is 0. The van der Waals surface area contributed by atoms with Crippen molar-refractivity contribution in [2.75, 3.05) is 0 Å². The molecule has 74 valence electrons. The lowest BCUT2D eigenvalue weighted by molar-refractivity contribution is 0.0615. The van der Waals surface area contributed by atoms with Crippen LogP contribution in [0.5, 0.6) is 0 Å². The molecule has 0 aliphatic rings. The minimum atomic E-state index is -2.60. The van der Waals surface area contributed by atoms with E-state index in [-0.39, 0.29) is 0 Å². The van der Waals surface area contributed by atoms with Gasteiger partial charge in [0.15, 0.2) is 0 Å². The van der Waals surface area contributed by atoms with Crippen LogP contribution >= 0.6 is 38.5 Å². The van der Waals surface area contributed by atoms with Crippen molar-refractivity contribution in [2.45, 2.75) is 6.55 Å². The molecule has 14 heavy (non-hydrogen) atoms. The Morgan fingerprint density at radius 3 is 2.79 bits per heavy atom. The van der Waals surface area contributed by atoms with Crippen molar-refractivity contribution in [3.8, 4) is 0 Å². The van der Waals surface area contributed by atoms with E-state index in [1.54, 1.807) is 6.07 Å². The van der Waals surface area contributed by atoms with Gasteiger partial charge >= 0.3 is 6.55 Å². The van der Waals surface area contributed by atoms with Crippen LogP contribution in [-0.2, 0) is 0 Å². The summed E-state index contributed by atoms with van der Waals surface area (Å²) in [5, 5.41) is 4.33. The second-order valence-corrected chi connectivity index (χ2v) is 4.79. The third-order valence-corrected chi connectivity index (χ3v) is 3.09. The van der Waals surface area contributed by atoms with Crippen LogP contribution in [0.4, 0.5) is 8.78 Å². The first kappa shape index (κ1) is 10.3. The maximum absolute atomic E-state index is 12.5. The standard InChI is InChI=1S/C8H4BrF2IN2/c9-6-1-4(12)2-7-5(6)3-13-14(7)8(10)11/h1-3,8H. The van der Waals surface area contributed by atoms with E-state index in [4.69, 9.17) is 0 Å². The number of hydrogen-bond donors (Lipinski definition) is 0. The Bertz CT molecular complexity index is 483. The second kappa shape index (κ2) is 3.73. The highest BCUT2D eigenvalue weighted by atomic mass is 127. The molecule has 0 unspecified atom stereocenters. The van der Waals surface area contributed by atoms with Gasteiger partial charge in [0.25, 0.3) is 0 Å². The van der Waals surface area contributed by atoms with E-state index in [9.17, 15) is 8.78 Å². The van der Waals surface area contributed by atoms with Gasteiger partial charge in [-0.1, -0.05) is 15.9 Å². The summed E-state index contributed by atoms with van der Waals surface area (Å²) in [5.41, 5.74) is 0.443. The zero-order valence-electron chi connectivity index (χ0n) is 6.72. The van der Waals surface area contributed by atoms with Crippen LogP contribution < -0.4 is 0 Å². The molecule has 1 aromatic carbocycles. The highest BCUT2D eigenvalue weighted by Gasteiger charge is 2.13. The van der Waals surface area contributed by atoms with Gasteiger partial charge in [0, 0.05) is 13.4 Å². The predicted molar refractivity (Wildman–Crippen MR) is 61.4 cm³/mol. The number of aromatic nitrogens is 2. The molecule has 0 aliphatic heterocycles. The van der Waals surface area contributed by atoms with Gasteiger partial charge in [-0.2, -0.15) is 13.9 Å². The predicted octanol–water partition coefficient (Wildman–Crippen LogP) is 3.80. The maximum Gasteiger partial charge on any atom is 0.333 e. The normalized spacial score (nSPS) is 11.5. The molecule has 0 N–H and O–H groups in total. The average molecular weight is 373 g/mol. The zero-order chi connectivity index (χ0) is 10.3. The van der Waals surface area contributed by atoms with E-state index in [1.165, 1.54) is 6.20 Å². The molecule has 0 bridgehead atoms. The molecular formula is C8H4BrF2IN2. The molecule has 2 nitrogen and oxygen atoms in total. The summed E-state index contributed by atoms with van der Waals surface area (Å²) in [6.07, 6.45) is 1.43. The number of hydrogen-bond acceptors (Lipinski definition) is 1. The fourth-order valence-corrected chi connectivity index (χ4v) is 2.81. The van der Waals surface area contributed by atoms with E-state index in [0.717, 1.165) is 8.04 Å². The molecule has 0 saturated carbocycles. The van der Waals surface area contributed by atoms with Gasteiger partial charge in [0.05, 0.1) is 11.7 Å². The lowest BCUT2D eigenvalue weighted by atomic mass is 10.3. The molecule has 0 saturated heterocycles. The first-order valence-corrected chi connectivity index (χ1v) is 5.57.